The van der Waals surface area contributed by atoms with Gasteiger partial charge >= 0.3 is 0 Å². The molecule has 0 spiro atoms. The third kappa shape index (κ3) is 1.26. The molecule has 0 atom stereocenters. The molecule has 0 amide bonds. The minimum absolute atomic E-state index is 0.623. The quantitative estimate of drug-likeness (QED) is 0.708. The van der Waals surface area contributed by atoms with Crippen LogP contribution in [0.3, 0.4) is 0 Å². The minimum Gasteiger partial charge on any atom is -0.353 e. The topological polar surface area (TPSA) is 46.8 Å². The first-order valence-corrected chi connectivity index (χ1v) is 5.40. The largest absolute Gasteiger partial charge is 0.353 e. The summed E-state index contributed by atoms with van der Waals surface area (Å²) in [5.74, 6) is 2.43. The predicted octanol–water partition coefficient (Wildman–Crippen LogP) is 0.837. The number of alkyl halides is 1. The van der Waals surface area contributed by atoms with Gasteiger partial charge in [-0.15, -0.1) is 11.6 Å². The Bertz CT molecular complexity index is 452. The molecular formula is C9H10ClN5. The lowest BCUT2D eigenvalue weighted by atomic mass is 10.3. The summed E-state index contributed by atoms with van der Waals surface area (Å²) >= 11 is 5.77. The summed E-state index contributed by atoms with van der Waals surface area (Å²) in [5, 5.41) is 0. The number of anilines is 1. The lowest BCUT2D eigenvalue weighted by Gasteiger charge is -2.17. The second kappa shape index (κ2) is 3.34. The Morgan fingerprint density at radius 1 is 1.27 bits per heavy atom. The molecule has 0 radical (unpaired) electrons. The van der Waals surface area contributed by atoms with Crippen LogP contribution < -0.4 is 4.90 Å². The monoisotopic (exact) mass is 223 g/mol. The molecule has 0 aromatic carbocycles. The van der Waals surface area contributed by atoms with E-state index in [4.69, 9.17) is 11.6 Å². The van der Waals surface area contributed by atoms with Gasteiger partial charge in [-0.1, -0.05) is 0 Å². The first kappa shape index (κ1) is 8.91. The number of fused-ring (bicyclic) bond motifs is 3. The number of nitrogens with zero attached hydrogens (tertiary/aromatic N) is 5. The maximum absolute atomic E-state index is 5.77. The van der Waals surface area contributed by atoms with Crippen LogP contribution in [0.15, 0.2) is 12.7 Å². The van der Waals surface area contributed by atoms with Gasteiger partial charge in [0.15, 0.2) is 11.5 Å². The first-order chi connectivity index (χ1) is 7.40. The van der Waals surface area contributed by atoms with E-state index in [0.29, 0.717) is 11.7 Å². The van der Waals surface area contributed by atoms with Crippen molar-refractivity contribution in [2.24, 2.45) is 0 Å². The van der Waals surface area contributed by atoms with Crippen molar-refractivity contribution in [1.82, 2.24) is 19.5 Å². The van der Waals surface area contributed by atoms with Crippen molar-refractivity contribution in [3.63, 3.8) is 0 Å². The van der Waals surface area contributed by atoms with E-state index < -0.39 is 0 Å². The Balaban J connectivity index is 2.13. The van der Waals surface area contributed by atoms with Crippen molar-refractivity contribution < 1.29 is 0 Å². The average Bonchev–Trinajstić information content (AvgIpc) is 2.83. The number of hydrogen-bond acceptors (Lipinski definition) is 4. The lowest BCUT2D eigenvalue weighted by Crippen LogP contribution is -2.23. The molecule has 0 N–H and O–H groups in total. The fourth-order valence-electron chi connectivity index (χ4n) is 1.98. The number of imidazole rings is 1. The van der Waals surface area contributed by atoms with E-state index in [1.165, 1.54) is 0 Å². The molecule has 0 saturated carbocycles. The summed E-state index contributed by atoms with van der Waals surface area (Å²) in [5.41, 5.74) is 0.875. The van der Waals surface area contributed by atoms with E-state index in [-0.39, 0.29) is 0 Å². The number of aromatic nitrogens is 4. The van der Waals surface area contributed by atoms with Crippen LogP contribution in [0.1, 0.15) is 0 Å². The summed E-state index contributed by atoms with van der Waals surface area (Å²) in [4.78, 5) is 14.8. The maximum atomic E-state index is 5.77. The first-order valence-electron chi connectivity index (χ1n) is 4.87. The van der Waals surface area contributed by atoms with Crippen molar-refractivity contribution >= 4 is 17.4 Å². The van der Waals surface area contributed by atoms with Crippen LogP contribution in [0.2, 0.25) is 0 Å². The molecule has 0 aliphatic carbocycles. The summed E-state index contributed by atoms with van der Waals surface area (Å²) in [7, 11) is 0. The Labute approximate surface area is 92.1 Å². The maximum Gasteiger partial charge on any atom is 0.184 e. The Hall–Kier alpha value is -1.36. The third-order valence-electron chi connectivity index (χ3n) is 2.65. The molecule has 0 unspecified atom stereocenters. The van der Waals surface area contributed by atoms with E-state index in [9.17, 15) is 0 Å². The van der Waals surface area contributed by atoms with E-state index in [0.717, 1.165) is 31.1 Å². The molecule has 0 fully saturated rings. The van der Waals surface area contributed by atoms with Gasteiger partial charge in [0.25, 0.3) is 0 Å². The van der Waals surface area contributed by atoms with Gasteiger partial charge in [-0.05, 0) is 0 Å². The number of halogens is 1. The van der Waals surface area contributed by atoms with Crippen molar-refractivity contribution in [3.05, 3.63) is 12.7 Å². The van der Waals surface area contributed by atoms with Gasteiger partial charge in [0.2, 0.25) is 0 Å². The molecule has 0 bridgehead atoms. The SMILES string of the molecule is ClCCN1CCn2cnc3ncnc-3c21. The standard InChI is InChI=1S/C9H10ClN5/c10-1-2-14-3-4-15-6-13-8-7(9(14)15)11-5-12-8/h5-6H,1-4H2. The molecule has 3 aliphatic heterocycles. The van der Waals surface area contributed by atoms with Gasteiger partial charge in [0, 0.05) is 25.5 Å². The third-order valence-corrected chi connectivity index (χ3v) is 2.82. The highest BCUT2D eigenvalue weighted by Crippen LogP contribution is 2.30. The zero-order valence-electron chi connectivity index (χ0n) is 8.10. The fourth-order valence-corrected chi connectivity index (χ4v) is 2.18. The highest BCUT2D eigenvalue weighted by atomic mass is 35.5. The molecule has 15 heavy (non-hydrogen) atoms. The highest BCUT2D eigenvalue weighted by molar-refractivity contribution is 6.18. The Kier molecular flexibility index (Phi) is 1.98. The van der Waals surface area contributed by atoms with Crippen molar-refractivity contribution in [3.8, 4) is 11.5 Å². The number of hydrogen-bond donors (Lipinski definition) is 0. The van der Waals surface area contributed by atoms with Gasteiger partial charge in [0.1, 0.15) is 12.1 Å². The van der Waals surface area contributed by atoms with E-state index in [1.54, 1.807) is 6.33 Å². The van der Waals surface area contributed by atoms with Gasteiger partial charge in [-0.25, -0.2) is 15.0 Å². The Morgan fingerprint density at radius 3 is 3.07 bits per heavy atom. The predicted molar refractivity (Wildman–Crippen MR) is 57.4 cm³/mol. The molecular weight excluding hydrogens is 214 g/mol. The summed E-state index contributed by atoms with van der Waals surface area (Å²) in [6.07, 6.45) is 3.37. The van der Waals surface area contributed by atoms with Gasteiger partial charge < -0.3 is 9.47 Å². The number of rotatable bonds is 2. The Morgan fingerprint density at radius 2 is 2.20 bits per heavy atom. The second-order valence-electron chi connectivity index (χ2n) is 3.48. The second-order valence-corrected chi connectivity index (χ2v) is 3.86. The fraction of sp³-hybridized carbons (Fsp3) is 0.444. The lowest BCUT2D eigenvalue weighted by molar-refractivity contribution is 0.763. The highest BCUT2D eigenvalue weighted by Gasteiger charge is 2.25. The molecule has 0 saturated heterocycles. The molecule has 5 nitrogen and oxygen atoms in total. The van der Waals surface area contributed by atoms with Crippen LogP contribution >= 0.6 is 11.6 Å². The molecule has 3 aliphatic rings. The molecule has 0 aromatic heterocycles. The van der Waals surface area contributed by atoms with E-state index in [2.05, 4.69) is 24.4 Å². The smallest absolute Gasteiger partial charge is 0.184 e. The summed E-state index contributed by atoms with van der Waals surface area (Å²) in [6, 6.07) is 0. The van der Waals surface area contributed by atoms with E-state index >= 15 is 0 Å². The van der Waals surface area contributed by atoms with Crippen LogP contribution in [-0.2, 0) is 6.54 Å². The van der Waals surface area contributed by atoms with Gasteiger partial charge in [-0.2, -0.15) is 0 Å². The average molecular weight is 224 g/mol. The summed E-state index contributed by atoms with van der Waals surface area (Å²) in [6.45, 7) is 2.76. The summed E-state index contributed by atoms with van der Waals surface area (Å²) < 4.78 is 2.10. The molecule has 6 heteroatoms. The van der Waals surface area contributed by atoms with Gasteiger partial charge in [0.05, 0.1) is 6.33 Å². The van der Waals surface area contributed by atoms with Crippen molar-refractivity contribution in [2.75, 3.05) is 23.9 Å². The normalized spacial score (nSPS) is 14.9. The van der Waals surface area contributed by atoms with Crippen LogP contribution in [0.4, 0.5) is 5.82 Å². The zero-order chi connectivity index (χ0) is 10.3. The molecule has 3 rings (SSSR count). The minimum atomic E-state index is 0.623. The molecule has 3 heterocycles. The molecule has 0 aromatic rings. The van der Waals surface area contributed by atoms with Crippen molar-refractivity contribution in [1.29, 1.82) is 0 Å². The van der Waals surface area contributed by atoms with Gasteiger partial charge in [-0.3, -0.25) is 0 Å². The van der Waals surface area contributed by atoms with E-state index in [1.807, 2.05) is 6.33 Å². The molecule has 78 valence electrons. The zero-order valence-corrected chi connectivity index (χ0v) is 8.85. The van der Waals surface area contributed by atoms with Crippen LogP contribution in [0.25, 0.3) is 11.5 Å². The van der Waals surface area contributed by atoms with Crippen LogP contribution in [0.5, 0.6) is 0 Å². The van der Waals surface area contributed by atoms with Crippen LogP contribution in [0, 0.1) is 0 Å². The van der Waals surface area contributed by atoms with Crippen LogP contribution in [-0.4, -0.2) is 38.5 Å². The van der Waals surface area contributed by atoms with Crippen molar-refractivity contribution in [2.45, 2.75) is 6.54 Å².